The molecule has 3 nitrogen and oxygen atoms in total. The van der Waals surface area contributed by atoms with E-state index in [4.69, 9.17) is 9.47 Å². The monoisotopic (exact) mass is 368 g/mol. The lowest BCUT2D eigenvalue weighted by Crippen LogP contribution is -2.51. The van der Waals surface area contributed by atoms with Crippen LogP contribution in [0.4, 0.5) is 0 Å². The van der Waals surface area contributed by atoms with Crippen LogP contribution in [0.1, 0.15) is 64.5 Å². The lowest BCUT2D eigenvalue weighted by Gasteiger charge is -2.50. The van der Waals surface area contributed by atoms with Crippen molar-refractivity contribution in [3.63, 3.8) is 0 Å². The maximum absolute atomic E-state index is 6.70. The van der Waals surface area contributed by atoms with E-state index >= 15 is 0 Å². The molecule has 3 aliphatic rings. The van der Waals surface area contributed by atoms with Crippen LogP contribution in [0.15, 0.2) is 24.3 Å². The van der Waals surface area contributed by atoms with Crippen molar-refractivity contribution >= 4 is 0 Å². The number of hydrogen-bond acceptors (Lipinski definition) is 2. The number of hydrogen-bond donors (Lipinski definition) is 0. The van der Waals surface area contributed by atoms with E-state index in [9.17, 15) is 0 Å². The topological polar surface area (TPSA) is 18.5 Å². The van der Waals surface area contributed by atoms with Gasteiger partial charge in [0.1, 0.15) is 23.5 Å². The number of ether oxygens (including phenoxy) is 2. The van der Waals surface area contributed by atoms with E-state index in [2.05, 4.69) is 57.9 Å². The molecule has 3 heterocycles. The van der Waals surface area contributed by atoms with Crippen LogP contribution in [0.5, 0.6) is 5.75 Å². The van der Waals surface area contributed by atoms with Gasteiger partial charge in [0.2, 0.25) is 0 Å². The van der Waals surface area contributed by atoms with Gasteiger partial charge in [-0.05, 0) is 64.9 Å². The Hall–Kier alpha value is -1.50. The molecule has 4 rings (SSSR count). The minimum Gasteiger partial charge on any atom is -0.487 e. The fraction of sp³-hybridized carbons (Fsp3) is 0.667. The van der Waals surface area contributed by atoms with E-state index in [1.54, 1.807) is 0 Å². The van der Waals surface area contributed by atoms with Gasteiger partial charge in [-0.1, -0.05) is 24.1 Å². The number of benzene rings is 1. The van der Waals surface area contributed by atoms with E-state index in [-0.39, 0.29) is 17.3 Å². The van der Waals surface area contributed by atoms with Crippen molar-refractivity contribution in [3.8, 4) is 17.6 Å². The van der Waals surface area contributed by atoms with Crippen molar-refractivity contribution in [1.29, 1.82) is 0 Å². The van der Waals surface area contributed by atoms with Crippen molar-refractivity contribution in [3.05, 3.63) is 29.8 Å². The van der Waals surface area contributed by atoms with Crippen molar-refractivity contribution in [2.45, 2.75) is 70.2 Å². The Morgan fingerprint density at radius 1 is 1.11 bits per heavy atom. The normalized spacial score (nSPS) is 33.6. The molecule has 0 bridgehead atoms. The molecule has 0 spiro atoms. The van der Waals surface area contributed by atoms with Gasteiger partial charge >= 0.3 is 0 Å². The Balaban J connectivity index is 1.54. The lowest BCUT2D eigenvalue weighted by atomic mass is 9.73. The molecular weight excluding hydrogens is 334 g/mol. The lowest BCUT2D eigenvalue weighted by molar-refractivity contribution is -0.907. The summed E-state index contributed by atoms with van der Waals surface area (Å²) in [5.74, 6) is 8.38. The molecular formula is C24H34NO2+. The first-order chi connectivity index (χ1) is 12.8. The second-order valence-corrected chi connectivity index (χ2v) is 9.75. The zero-order valence-electron chi connectivity index (χ0n) is 17.4. The number of quaternary nitrogens is 1. The molecule has 1 aromatic rings. The van der Waals surface area contributed by atoms with Crippen LogP contribution in [0.3, 0.4) is 0 Å². The molecule has 0 aromatic heterocycles. The zero-order valence-corrected chi connectivity index (χ0v) is 17.4. The third-order valence-electron chi connectivity index (χ3n) is 6.89. The largest absolute Gasteiger partial charge is 0.487 e. The molecule has 0 amide bonds. The summed E-state index contributed by atoms with van der Waals surface area (Å²) in [7, 11) is 2.35. The first-order valence-electron chi connectivity index (χ1n) is 10.6. The van der Waals surface area contributed by atoms with E-state index in [1.807, 2.05) is 6.07 Å². The molecule has 3 heteroatoms. The first kappa shape index (κ1) is 18.8. The molecule has 0 saturated carbocycles. The third-order valence-corrected chi connectivity index (χ3v) is 6.89. The van der Waals surface area contributed by atoms with E-state index in [0.29, 0.717) is 5.92 Å². The average Bonchev–Trinajstić information content (AvgIpc) is 2.61. The van der Waals surface area contributed by atoms with Crippen LogP contribution in [0, 0.1) is 17.8 Å². The predicted molar refractivity (Wildman–Crippen MR) is 109 cm³/mol. The second-order valence-electron chi connectivity index (χ2n) is 9.75. The van der Waals surface area contributed by atoms with E-state index in [1.165, 1.54) is 37.9 Å². The van der Waals surface area contributed by atoms with Crippen LogP contribution in [0.25, 0.3) is 0 Å². The minimum atomic E-state index is -0.364. The SMILES string of the molecule is CC1(C)Oc2ccccc2[C@@H]2O[C@@](C)(C#CC[N+]3(C)CCCCC3)CC[C@@H]21. The van der Waals surface area contributed by atoms with Gasteiger partial charge in [0.15, 0.2) is 0 Å². The Morgan fingerprint density at radius 2 is 1.85 bits per heavy atom. The number of para-hydroxylation sites is 1. The number of fused-ring (bicyclic) bond motifs is 3. The van der Waals surface area contributed by atoms with Crippen molar-refractivity contribution in [1.82, 2.24) is 0 Å². The van der Waals surface area contributed by atoms with Gasteiger partial charge in [-0.15, -0.1) is 0 Å². The van der Waals surface area contributed by atoms with E-state index < -0.39 is 0 Å². The van der Waals surface area contributed by atoms with Crippen molar-refractivity contribution in [2.75, 3.05) is 26.7 Å². The Bertz CT molecular complexity index is 753. The number of rotatable bonds is 1. The molecule has 1 aromatic carbocycles. The summed E-state index contributed by atoms with van der Waals surface area (Å²) in [4.78, 5) is 0. The highest BCUT2D eigenvalue weighted by molar-refractivity contribution is 5.39. The Labute approximate surface area is 164 Å². The zero-order chi connectivity index (χ0) is 19.1. The first-order valence-corrected chi connectivity index (χ1v) is 10.6. The van der Waals surface area contributed by atoms with Gasteiger partial charge in [-0.25, -0.2) is 0 Å². The summed E-state index contributed by atoms with van der Waals surface area (Å²) in [5, 5.41) is 0. The van der Waals surface area contributed by atoms with Gasteiger partial charge in [-0.2, -0.15) is 0 Å². The average molecular weight is 369 g/mol. The smallest absolute Gasteiger partial charge is 0.140 e. The van der Waals surface area contributed by atoms with Gasteiger partial charge in [0.25, 0.3) is 0 Å². The highest BCUT2D eigenvalue weighted by atomic mass is 16.5. The maximum Gasteiger partial charge on any atom is 0.140 e. The maximum atomic E-state index is 6.70. The number of nitrogens with zero attached hydrogens (tertiary/aromatic N) is 1. The van der Waals surface area contributed by atoms with Crippen LogP contribution in [0.2, 0.25) is 0 Å². The molecule has 146 valence electrons. The van der Waals surface area contributed by atoms with Crippen LogP contribution in [-0.4, -0.2) is 42.4 Å². The van der Waals surface area contributed by atoms with Crippen LogP contribution < -0.4 is 4.74 Å². The fourth-order valence-electron chi connectivity index (χ4n) is 5.11. The summed E-state index contributed by atoms with van der Waals surface area (Å²) in [6.45, 7) is 10.0. The van der Waals surface area contributed by atoms with Gasteiger partial charge in [0.05, 0.1) is 26.2 Å². The summed E-state index contributed by atoms with van der Waals surface area (Å²) in [6.07, 6.45) is 6.17. The fourth-order valence-corrected chi connectivity index (χ4v) is 5.11. The summed E-state index contributed by atoms with van der Waals surface area (Å²) in [5.41, 5.74) is 0.612. The third kappa shape index (κ3) is 3.75. The van der Waals surface area contributed by atoms with Crippen molar-refractivity contribution in [2.24, 2.45) is 5.92 Å². The van der Waals surface area contributed by atoms with Crippen LogP contribution in [-0.2, 0) is 4.74 Å². The molecule has 2 fully saturated rings. The van der Waals surface area contributed by atoms with Gasteiger partial charge in [0, 0.05) is 11.5 Å². The molecule has 27 heavy (non-hydrogen) atoms. The van der Waals surface area contributed by atoms with Crippen molar-refractivity contribution < 1.29 is 14.0 Å². The molecule has 0 aliphatic carbocycles. The molecule has 0 N–H and O–H groups in total. The van der Waals surface area contributed by atoms with Gasteiger partial charge < -0.3 is 14.0 Å². The predicted octanol–water partition coefficient (Wildman–Crippen LogP) is 4.72. The van der Waals surface area contributed by atoms with E-state index in [0.717, 1.165) is 29.6 Å². The molecule has 0 radical (unpaired) electrons. The number of piperidine rings is 1. The number of likely N-dealkylation sites (tertiary alicyclic amines) is 1. The second kappa shape index (κ2) is 6.83. The highest BCUT2D eigenvalue weighted by Gasteiger charge is 2.50. The molecule has 0 unspecified atom stereocenters. The molecule has 3 aliphatic heterocycles. The van der Waals surface area contributed by atoms with Crippen LogP contribution >= 0.6 is 0 Å². The standard InChI is InChI=1S/C24H34NO2/c1-23(2)20-13-15-24(3,14-10-18-25(4)16-8-5-9-17-25)27-22(20)19-11-6-7-12-21(19)26-23/h6-7,11-12,20,22H,5,8-9,13,15-18H2,1-4H3/q+1/t20-,22-,24-/m0/s1. The summed E-state index contributed by atoms with van der Waals surface area (Å²) < 4.78 is 14.1. The Kier molecular flexibility index (Phi) is 4.77. The minimum absolute atomic E-state index is 0.0674. The molecule has 2 saturated heterocycles. The Morgan fingerprint density at radius 3 is 2.63 bits per heavy atom. The quantitative estimate of drug-likeness (QED) is 0.528. The summed E-state index contributed by atoms with van der Waals surface area (Å²) >= 11 is 0. The highest BCUT2D eigenvalue weighted by Crippen LogP contribution is 2.52. The summed E-state index contributed by atoms with van der Waals surface area (Å²) in [6, 6.07) is 8.34. The molecule has 3 atom stereocenters. The van der Waals surface area contributed by atoms with Gasteiger partial charge in [-0.3, -0.25) is 0 Å².